The van der Waals surface area contributed by atoms with E-state index >= 15 is 0 Å². The van der Waals surface area contributed by atoms with Crippen molar-refractivity contribution >= 4 is 11.8 Å². The van der Waals surface area contributed by atoms with Crippen LogP contribution in [0.2, 0.25) is 0 Å². The Balaban J connectivity index is 2.71. The van der Waals surface area contributed by atoms with E-state index in [2.05, 4.69) is 5.32 Å². The van der Waals surface area contributed by atoms with Gasteiger partial charge in [-0.3, -0.25) is 4.79 Å². The number of nitrogens with one attached hydrogen (secondary N) is 1. The third-order valence-electron chi connectivity index (χ3n) is 1.29. The van der Waals surface area contributed by atoms with Crippen molar-refractivity contribution in [1.29, 1.82) is 0 Å². The molecule has 48 valence electrons. The topological polar surface area (TPSA) is 46.2 Å². The van der Waals surface area contributed by atoms with Gasteiger partial charge in [0.1, 0.15) is 11.5 Å². The summed E-state index contributed by atoms with van der Waals surface area (Å²) in [5, 5.41) is 2.54. The van der Waals surface area contributed by atoms with Crippen molar-refractivity contribution in [2.45, 2.75) is 12.8 Å². The number of carbonyl (C=O) groups excluding carboxylic acids is 2. The molecule has 1 amide bonds. The van der Waals surface area contributed by atoms with Crippen LogP contribution in [0.4, 0.5) is 0 Å². The van der Waals surface area contributed by atoms with Gasteiger partial charge >= 0.3 is 0 Å². The molecule has 1 fully saturated rings. The first-order valence-electron chi connectivity index (χ1n) is 2.87. The highest BCUT2D eigenvalue weighted by molar-refractivity contribution is 6.01. The molecule has 1 N–H and O–H groups in total. The molecule has 0 spiro atoms. The fourth-order valence-electron chi connectivity index (χ4n) is 0.785. The molecule has 1 saturated heterocycles. The molecule has 0 aromatic carbocycles. The van der Waals surface area contributed by atoms with E-state index in [0.717, 1.165) is 6.42 Å². The summed E-state index contributed by atoms with van der Waals surface area (Å²) in [5.74, 6) is 1.35. The van der Waals surface area contributed by atoms with Gasteiger partial charge in [0.15, 0.2) is 0 Å². The summed E-state index contributed by atoms with van der Waals surface area (Å²) in [7, 11) is 0. The van der Waals surface area contributed by atoms with Crippen molar-refractivity contribution in [2.24, 2.45) is 0 Å². The summed E-state index contributed by atoms with van der Waals surface area (Å²) >= 11 is 0. The van der Waals surface area contributed by atoms with Crippen LogP contribution in [0.3, 0.4) is 0 Å². The van der Waals surface area contributed by atoms with Gasteiger partial charge in [0.05, 0.1) is 0 Å². The lowest BCUT2D eigenvalue weighted by Gasteiger charge is -2.10. The van der Waals surface area contributed by atoms with Crippen LogP contribution in [0.25, 0.3) is 0 Å². The minimum atomic E-state index is -0.253. The highest BCUT2D eigenvalue weighted by Crippen LogP contribution is 2.04. The maximum Gasteiger partial charge on any atom is 0.258 e. The zero-order chi connectivity index (χ0) is 6.69. The predicted octanol–water partition coefficient (Wildman–Crippen LogP) is -0.346. The summed E-state index contributed by atoms with van der Waals surface area (Å²) in [4.78, 5) is 20.6. The Morgan fingerprint density at radius 2 is 2.33 bits per heavy atom. The van der Waals surface area contributed by atoms with E-state index in [9.17, 15) is 9.59 Å². The summed E-state index contributed by atoms with van der Waals surface area (Å²) < 4.78 is 0. The summed E-state index contributed by atoms with van der Waals surface area (Å²) in [6, 6.07) is 0. The Morgan fingerprint density at radius 3 is 2.78 bits per heavy atom. The number of rotatable bonds is 0. The molecule has 0 aromatic heterocycles. The highest BCUT2D eigenvalue weighted by atomic mass is 16.2. The van der Waals surface area contributed by atoms with E-state index in [1.54, 1.807) is 5.94 Å². The number of amides is 1. The van der Waals surface area contributed by atoms with E-state index in [1.165, 1.54) is 0 Å². The van der Waals surface area contributed by atoms with Crippen molar-refractivity contribution in [3.8, 4) is 0 Å². The molecule has 0 bridgehead atoms. The largest absolute Gasteiger partial charge is 0.352 e. The first-order chi connectivity index (χ1) is 4.34. The van der Waals surface area contributed by atoms with E-state index in [4.69, 9.17) is 0 Å². The lowest BCUT2D eigenvalue weighted by atomic mass is 10.1. The van der Waals surface area contributed by atoms with Gasteiger partial charge in [-0.1, -0.05) is 0 Å². The van der Waals surface area contributed by atoms with Crippen LogP contribution in [-0.4, -0.2) is 18.4 Å². The predicted molar refractivity (Wildman–Crippen MR) is 31.5 cm³/mol. The normalized spacial score (nSPS) is 18.7. The first-order valence-corrected chi connectivity index (χ1v) is 2.87. The number of piperidine rings is 1. The average Bonchev–Trinajstić information content (AvgIpc) is 1.89. The number of hydrogen-bond donors (Lipinski definition) is 1. The molecule has 0 aliphatic carbocycles. The third kappa shape index (κ3) is 1.18. The second-order valence-corrected chi connectivity index (χ2v) is 1.94. The third-order valence-corrected chi connectivity index (χ3v) is 1.29. The Morgan fingerprint density at radius 1 is 1.56 bits per heavy atom. The molecule has 1 aliphatic heterocycles. The summed E-state index contributed by atoms with van der Waals surface area (Å²) in [5.41, 5.74) is 0.251. The Labute approximate surface area is 52.7 Å². The quantitative estimate of drug-likeness (QED) is 0.355. The number of hydrogen-bond acceptors (Lipinski definition) is 2. The molecule has 3 nitrogen and oxygen atoms in total. The summed E-state index contributed by atoms with van der Waals surface area (Å²) in [6.45, 7) is 0.685. The Kier molecular flexibility index (Phi) is 1.66. The smallest absolute Gasteiger partial charge is 0.258 e. The van der Waals surface area contributed by atoms with Gasteiger partial charge in [-0.25, -0.2) is 4.79 Å². The average molecular weight is 125 g/mol. The fraction of sp³-hybridized carbons (Fsp3) is 0.500. The van der Waals surface area contributed by atoms with Gasteiger partial charge in [-0.05, 0) is 12.8 Å². The molecule has 0 atom stereocenters. The summed E-state index contributed by atoms with van der Waals surface area (Å²) in [6.07, 6.45) is 1.44. The number of carbonyl (C=O) groups is 1. The fourth-order valence-corrected chi connectivity index (χ4v) is 0.785. The first kappa shape index (κ1) is 6.05. The van der Waals surface area contributed by atoms with Crippen LogP contribution in [0, 0.1) is 0 Å². The monoisotopic (exact) mass is 125 g/mol. The molecule has 1 aliphatic rings. The van der Waals surface area contributed by atoms with E-state index < -0.39 is 0 Å². The molecule has 1 heterocycles. The zero-order valence-electron chi connectivity index (χ0n) is 4.94. The maximum absolute atomic E-state index is 10.6. The van der Waals surface area contributed by atoms with Gasteiger partial charge in [-0.15, -0.1) is 0 Å². The van der Waals surface area contributed by atoms with Gasteiger partial charge in [0, 0.05) is 6.54 Å². The molecule has 3 heteroatoms. The second kappa shape index (κ2) is 2.46. The molecular formula is C6H7NO2. The van der Waals surface area contributed by atoms with Crippen molar-refractivity contribution in [1.82, 2.24) is 5.32 Å². The minimum absolute atomic E-state index is 0.251. The Bertz CT molecular complexity index is 179. The Hall–Kier alpha value is -1.08. The van der Waals surface area contributed by atoms with Crippen LogP contribution in [0.15, 0.2) is 5.57 Å². The van der Waals surface area contributed by atoms with Crippen molar-refractivity contribution in [3.05, 3.63) is 5.57 Å². The molecule has 9 heavy (non-hydrogen) atoms. The standard InChI is InChI=1S/C6H7NO2/c8-4-5-2-1-3-7-6(5)9/h1-3H2,(H,7,9). The second-order valence-electron chi connectivity index (χ2n) is 1.94. The molecule has 1 rings (SSSR count). The van der Waals surface area contributed by atoms with Crippen LogP contribution in [0.5, 0.6) is 0 Å². The van der Waals surface area contributed by atoms with Gasteiger partial charge < -0.3 is 5.32 Å². The van der Waals surface area contributed by atoms with E-state index in [0.29, 0.717) is 13.0 Å². The van der Waals surface area contributed by atoms with Crippen LogP contribution in [-0.2, 0) is 9.59 Å². The lowest BCUT2D eigenvalue weighted by molar-refractivity contribution is -0.118. The van der Waals surface area contributed by atoms with Gasteiger partial charge in [0.25, 0.3) is 5.91 Å². The minimum Gasteiger partial charge on any atom is -0.352 e. The van der Waals surface area contributed by atoms with Crippen LogP contribution < -0.4 is 5.32 Å². The lowest BCUT2D eigenvalue weighted by Crippen LogP contribution is -2.30. The zero-order valence-corrected chi connectivity index (χ0v) is 4.94. The van der Waals surface area contributed by atoms with E-state index in [-0.39, 0.29) is 11.5 Å². The molecule has 0 unspecified atom stereocenters. The van der Waals surface area contributed by atoms with E-state index in [1.807, 2.05) is 0 Å². The highest BCUT2D eigenvalue weighted by Gasteiger charge is 2.13. The van der Waals surface area contributed by atoms with Crippen LogP contribution in [0.1, 0.15) is 12.8 Å². The van der Waals surface area contributed by atoms with Crippen molar-refractivity contribution in [2.75, 3.05) is 6.54 Å². The molecular weight excluding hydrogens is 118 g/mol. The van der Waals surface area contributed by atoms with Gasteiger partial charge in [-0.2, -0.15) is 0 Å². The van der Waals surface area contributed by atoms with Crippen molar-refractivity contribution < 1.29 is 9.59 Å². The van der Waals surface area contributed by atoms with Gasteiger partial charge in [0.2, 0.25) is 0 Å². The van der Waals surface area contributed by atoms with Crippen molar-refractivity contribution in [3.63, 3.8) is 0 Å². The maximum atomic E-state index is 10.6. The molecule has 0 saturated carbocycles. The molecule has 0 radical (unpaired) electrons. The van der Waals surface area contributed by atoms with Crippen LogP contribution >= 0.6 is 0 Å². The molecule has 0 aromatic rings. The SMILES string of the molecule is O=C=C1CCCNC1=O.